The molecule has 0 radical (unpaired) electrons. The second-order valence-corrected chi connectivity index (χ2v) is 11.2. The monoisotopic (exact) mass is 540 g/mol. The summed E-state index contributed by atoms with van der Waals surface area (Å²) in [5, 5.41) is 6.29. The van der Waals surface area contributed by atoms with Crippen LogP contribution in [0.5, 0.6) is 0 Å². The van der Waals surface area contributed by atoms with Crippen molar-refractivity contribution >= 4 is 29.3 Å². The van der Waals surface area contributed by atoms with E-state index in [0.717, 1.165) is 31.9 Å². The van der Waals surface area contributed by atoms with Crippen LogP contribution >= 0.6 is 0 Å². The number of hydrogen-bond donors (Lipinski definition) is 2. The number of morpholine rings is 1. The first-order valence-electron chi connectivity index (χ1n) is 14.2. The van der Waals surface area contributed by atoms with Gasteiger partial charge in [-0.2, -0.15) is 0 Å². The number of carbonyl (C=O) groups is 4. The van der Waals surface area contributed by atoms with Gasteiger partial charge in [-0.25, -0.2) is 4.79 Å². The zero-order valence-electron chi connectivity index (χ0n) is 22.9. The summed E-state index contributed by atoms with van der Waals surface area (Å²) >= 11 is 0. The van der Waals surface area contributed by atoms with Crippen molar-refractivity contribution in [2.75, 3.05) is 70.5 Å². The smallest absolute Gasteiger partial charge is 0.320 e. The first-order chi connectivity index (χ1) is 18.8. The Balaban J connectivity index is 1.25. The molecular weight excluding hydrogens is 500 g/mol. The molecule has 39 heavy (non-hydrogen) atoms. The molecule has 4 fully saturated rings. The second-order valence-electron chi connectivity index (χ2n) is 11.2. The number of carbonyl (C=O) groups excluding carboxylic acids is 4. The van der Waals surface area contributed by atoms with Crippen LogP contribution in [0.3, 0.4) is 0 Å². The van der Waals surface area contributed by atoms with E-state index in [2.05, 4.69) is 15.5 Å². The van der Waals surface area contributed by atoms with Gasteiger partial charge in [0.15, 0.2) is 5.78 Å². The Morgan fingerprint density at radius 1 is 1.00 bits per heavy atom. The summed E-state index contributed by atoms with van der Waals surface area (Å²) in [5.74, 6) is -0.522. The summed E-state index contributed by atoms with van der Waals surface area (Å²) in [6.45, 7) is 10.1. The Hall–Kier alpha value is -3.18. The number of urea groups is 1. The Bertz CT molecular complexity index is 1070. The zero-order chi connectivity index (χ0) is 27.5. The van der Waals surface area contributed by atoms with E-state index in [1.54, 1.807) is 26.8 Å². The second kappa shape index (κ2) is 11.9. The number of ketones is 1. The maximum Gasteiger partial charge on any atom is 0.320 e. The summed E-state index contributed by atoms with van der Waals surface area (Å²) < 4.78 is 5.35. The molecule has 1 aromatic carbocycles. The third-order valence-electron chi connectivity index (χ3n) is 8.15. The molecule has 11 heteroatoms. The minimum Gasteiger partial charge on any atom is -0.378 e. The number of benzene rings is 1. The number of nitrogens with zero attached hydrogens (tertiary/aromatic N) is 4. The molecule has 3 unspecified atom stereocenters. The number of anilines is 1. The van der Waals surface area contributed by atoms with E-state index in [-0.39, 0.29) is 42.1 Å². The van der Waals surface area contributed by atoms with E-state index in [0.29, 0.717) is 51.3 Å². The van der Waals surface area contributed by atoms with Gasteiger partial charge in [-0.05, 0) is 43.0 Å². The summed E-state index contributed by atoms with van der Waals surface area (Å²) in [6, 6.07) is 5.59. The molecule has 4 aliphatic heterocycles. The Morgan fingerprint density at radius 3 is 2.36 bits per heavy atom. The molecule has 0 aromatic heterocycles. The highest BCUT2D eigenvalue weighted by molar-refractivity contribution is 6.00. The van der Waals surface area contributed by atoms with Crippen LogP contribution in [0.2, 0.25) is 0 Å². The summed E-state index contributed by atoms with van der Waals surface area (Å²) in [7, 11) is 0. The molecule has 0 spiro atoms. The fraction of sp³-hybridized carbons (Fsp3) is 0.643. The number of Topliss-reactive ketones (excluding diaryl/α,β-unsaturated/α-hetero) is 1. The van der Waals surface area contributed by atoms with Crippen molar-refractivity contribution in [2.24, 2.45) is 5.92 Å². The minimum atomic E-state index is -0.749. The highest BCUT2D eigenvalue weighted by Gasteiger charge is 2.53. The Morgan fingerprint density at radius 2 is 1.69 bits per heavy atom. The van der Waals surface area contributed by atoms with Crippen LogP contribution in [0, 0.1) is 5.92 Å². The van der Waals surface area contributed by atoms with Crippen molar-refractivity contribution in [1.82, 2.24) is 25.3 Å². The molecular formula is C28H40N6O5. The number of nitrogens with one attached hydrogen (secondary N) is 2. The number of amides is 4. The van der Waals surface area contributed by atoms with Crippen LogP contribution in [-0.2, 0) is 14.3 Å². The lowest BCUT2D eigenvalue weighted by atomic mass is 10.0. The quantitative estimate of drug-likeness (QED) is 0.542. The van der Waals surface area contributed by atoms with E-state index in [9.17, 15) is 19.2 Å². The fourth-order valence-corrected chi connectivity index (χ4v) is 6.14. The van der Waals surface area contributed by atoms with Crippen molar-refractivity contribution in [1.29, 1.82) is 0 Å². The topological polar surface area (TPSA) is 115 Å². The summed E-state index contributed by atoms with van der Waals surface area (Å²) in [4.78, 5) is 60.5. The Labute approximate surface area is 229 Å². The van der Waals surface area contributed by atoms with Gasteiger partial charge in [0.05, 0.1) is 25.8 Å². The SMILES string of the molecule is CC(C)CC(NC(=O)c1ccc(N2CCNCC2)cc1)C(=O)N1CCC2C1C(=O)CN2C(=O)N1CCOCC1. The molecule has 3 atom stereocenters. The molecule has 0 bridgehead atoms. The normalized spacial score (nSPS) is 24.2. The average Bonchev–Trinajstić information content (AvgIpc) is 3.54. The average molecular weight is 541 g/mol. The predicted molar refractivity (Wildman–Crippen MR) is 146 cm³/mol. The van der Waals surface area contributed by atoms with Gasteiger partial charge >= 0.3 is 6.03 Å². The van der Waals surface area contributed by atoms with E-state index >= 15 is 0 Å². The molecule has 4 heterocycles. The third-order valence-corrected chi connectivity index (χ3v) is 8.15. The number of fused-ring (bicyclic) bond motifs is 1. The number of ether oxygens (including phenoxy) is 1. The lowest BCUT2D eigenvalue weighted by Crippen LogP contribution is -2.53. The molecule has 2 N–H and O–H groups in total. The van der Waals surface area contributed by atoms with Gasteiger partial charge in [0.25, 0.3) is 5.91 Å². The van der Waals surface area contributed by atoms with Crippen molar-refractivity contribution in [3.63, 3.8) is 0 Å². The molecule has 212 valence electrons. The van der Waals surface area contributed by atoms with Crippen molar-refractivity contribution in [2.45, 2.75) is 44.8 Å². The summed E-state index contributed by atoms with van der Waals surface area (Å²) in [6.07, 6.45) is 1.01. The standard InChI is InChI=1S/C28H40N6O5/c1-19(2)17-22(30-26(36)20-3-5-21(6-4-20)31-11-8-29-9-12-31)27(37)33-10-7-23-25(33)24(35)18-34(23)28(38)32-13-15-39-16-14-32/h3-6,19,22-23,25,29H,7-18H2,1-2H3,(H,30,36). The van der Waals surface area contributed by atoms with Gasteiger partial charge < -0.3 is 35.0 Å². The molecule has 5 rings (SSSR count). The first-order valence-corrected chi connectivity index (χ1v) is 14.2. The fourth-order valence-electron chi connectivity index (χ4n) is 6.14. The highest BCUT2D eigenvalue weighted by atomic mass is 16.5. The maximum absolute atomic E-state index is 13.8. The molecule has 4 aliphatic rings. The van der Waals surface area contributed by atoms with E-state index in [1.807, 2.05) is 26.0 Å². The molecule has 11 nitrogen and oxygen atoms in total. The lowest BCUT2D eigenvalue weighted by Gasteiger charge is -2.33. The Kier molecular flexibility index (Phi) is 8.37. The minimum absolute atomic E-state index is 0.00986. The van der Waals surface area contributed by atoms with Gasteiger partial charge in [-0.1, -0.05) is 13.8 Å². The summed E-state index contributed by atoms with van der Waals surface area (Å²) in [5.41, 5.74) is 1.57. The van der Waals surface area contributed by atoms with E-state index in [4.69, 9.17) is 4.74 Å². The van der Waals surface area contributed by atoms with Gasteiger partial charge in [0.2, 0.25) is 5.91 Å². The molecule has 4 amide bonds. The van der Waals surface area contributed by atoms with Gasteiger partial charge in [0.1, 0.15) is 12.1 Å². The molecule has 0 aliphatic carbocycles. The number of rotatable bonds is 6. The van der Waals surface area contributed by atoms with Crippen LogP contribution in [0.1, 0.15) is 37.0 Å². The van der Waals surface area contributed by atoms with Gasteiger partial charge in [-0.3, -0.25) is 14.4 Å². The first kappa shape index (κ1) is 27.4. The lowest BCUT2D eigenvalue weighted by molar-refractivity contribution is -0.138. The predicted octanol–water partition coefficient (Wildman–Crippen LogP) is 0.547. The number of piperazine rings is 1. The molecule has 4 saturated heterocycles. The van der Waals surface area contributed by atoms with Crippen LogP contribution in [0.15, 0.2) is 24.3 Å². The van der Waals surface area contributed by atoms with Gasteiger partial charge in [-0.15, -0.1) is 0 Å². The number of hydrogen-bond acceptors (Lipinski definition) is 7. The van der Waals surface area contributed by atoms with E-state index < -0.39 is 12.1 Å². The number of likely N-dealkylation sites (tertiary alicyclic amines) is 2. The van der Waals surface area contributed by atoms with E-state index in [1.165, 1.54) is 0 Å². The highest BCUT2D eigenvalue weighted by Crippen LogP contribution is 2.31. The van der Waals surface area contributed by atoms with Crippen LogP contribution in [-0.4, -0.2) is 122 Å². The largest absolute Gasteiger partial charge is 0.378 e. The maximum atomic E-state index is 13.8. The molecule has 1 aromatic rings. The van der Waals surface area contributed by atoms with Crippen LogP contribution in [0.25, 0.3) is 0 Å². The van der Waals surface area contributed by atoms with Gasteiger partial charge in [0, 0.05) is 57.1 Å². The van der Waals surface area contributed by atoms with Crippen molar-refractivity contribution < 1.29 is 23.9 Å². The third kappa shape index (κ3) is 5.89. The van der Waals surface area contributed by atoms with Crippen LogP contribution in [0.4, 0.5) is 10.5 Å². The molecule has 0 saturated carbocycles. The van der Waals surface area contributed by atoms with Crippen LogP contribution < -0.4 is 15.5 Å². The van der Waals surface area contributed by atoms with Crippen molar-refractivity contribution in [3.05, 3.63) is 29.8 Å². The van der Waals surface area contributed by atoms with Crippen molar-refractivity contribution in [3.8, 4) is 0 Å². The zero-order valence-corrected chi connectivity index (χ0v) is 22.9.